The molecular formula is C22H31N5O. The van der Waals surface area contributed by atoms with Gasteiger partial charge in [0.1, 0.15) is 5.82 Å². The molecule has 3 heterocycles. The molecule has 2 amide bonds. The molecule has 6 heteroatoms. The molecule has 2 fully saturated rings. The van der Waals surface area contributed by atoms with Gasteiger partial charge in [-0.1, -0.05) is 30.3 Å². The van der Waals surface area contributed by atoms with Crippen LogP contribution in [-0.4, -0.2) is 57.6 Å². The first-order chi connectivity index (χ1) is 13.7. The number of hydrogen-bond acceptors (Lipinski definition) is 3. The van der Waals surface area contributed by atoms with Crippen molar-refractivity contribution in [2.45, 2.75) is 50.7 Å². The van der Waals surface area contributed by atoms with Gasteiger partial charge in [-0.3, -0.25) is 0 Å². The van der Waals surface area contributed by atoms with Crippen LogP contribution in [0.4, 0.5) is 4.79 Å². The summed E-state index contributed by atoms with van der Waals surface area (Å²) in [5.41, 5.74) is 1.38. The lowest BCUT2D eigenvalue weighted by molar-refractivity contribution is 0.0827. The molecule has 2 aromatic rings. The minimum atomic E-state index is 0.0688. The van der Waals surface area contributed by atoms with Gasteiger partial charge in [0.25, 0.3) is 0 Å². The van der Waals surface area contributed by atoms with E-state index in [1.807, 2.05) is 18.5 Å². The van der Waals surface area contributed by atoms with Crippen LogP contribution in [0.5, 0.6) is 0 Å². The Hall–Kier alpha value is -2.34. The fourth-order valence-corrected chi connectivity index (χ4v) is 4.67. The van der Waals surface area contributed by atoms with Crippen molar-refractivity contribution < 1.29 is 4.79 Å². The van der Waals surface area contributed by atoms with Gasteiger partial charge in [0, 0.05) is 44.1 Å². The third-order valence-corrected chi connectivity index (χ3v) is 6.44. The highest BCUT2D eigenvalue weighted by molar-refractivity contribution is 5.75. The molecule has 0 bridgehead atoms. The molecule has 0 aliphatic carbocycles. The van der Waals surface area contributed by atoms with E-state index in [-0.39, 0.29) is 11.6 Å². The van der Waals surface area contributed by atoms with Crippen molar-refractivity contribution in [1.82, 2.24) is 24.7 Å². The third kappa shape index (κ3) is 4.07. The summed E-state index contributed by atoms with van der Waals surface area (Å²) < 4.78 is 2.14. The first-order valence-electron chi connectivity index (χ1n) is 10.4. The van der Waals surface area contributed by atoms with E-state index in [1.165, 1.54) is 5.56 Å². The maximum Gasteiger partial charge on any atom is 0.318 e. The molecule has 0 unspecified atom stereocenters. The van der Waals surface area contributed by atoms with Crippen molar-refractivity contribution in [2.24, 2.45) is 0 Å². The predicted octanol–water partition coefficient (Wildman–Crippen LogP) is 2.90. The van der Waals surface area contributed by atoms with Crippen molar-refractivity contribution in [3.63, 3.8) is 0 Å². The van der Waals surface area contributed by atoms with Crippen LogP contribution in [0.1, 0.15) is 37.1 Å². The molecule has 4 rings (SSSR count). The molecule has 1 spiro atoms. The van der Waals surface area contributed by atoms with E-state index in [2.05, 4.69) is 56.0 Å². The number of carbonyl (C=O) groups excluding carboxylic acids is 1. The average molecular weight is 382 g/mol. The number of hydrogen-bond donors (Lipinski definition) is 1. The summed E-state index contributed by atoms with van der Waals surface area (Å²) in [5.74, 6) is 0.918. The number of imidazole rings is 1. The highest BCUT2D eigenvalue weighted by Crippen LogP contribution is 2.38. The van der Waals surface area contributed by atoms with E-state index in [0.717, 1.165) is 64.1 Å². The summed E-state index contributed by atoms with van der Waals surface area (Å²) in [6.07, 6.45) is 9.20. The van der Waals surface area contributed by atoms with Crippen LogP contribution in [0, 0.1) is 0 Å². The second-order valence-electron chi connectivity index (χ2n) is 8.21. The van der Waals surface area contributed by atoms with E-state index < -0.39 is 0 Å². The Balaban J connectivity index is 1.33. The fourth-order valence-electron chi connectivity index (χ4n) is 4.67. The van der Waals surface area contributed by atoms with Gasteiger partial charge in [0.05, 0.1) is 6.54 Å². The second kappa shape index (κ2) is 8.35. The van der Waals surface area contributed by atoms with Crippen molar-refractivity contribution in [3.8, 4) is 0 Å². The van der Waals surface area contributed by atoms with Crippen molar-refractivity contribution in [2.75, 3.05) is 26.7 Å². The van der Waals surface area contributed by atoms with E-state index in [9.17, 15) is 4.79 Å². The predicted molar refractivity (Wildman–Crippen MR) is 110 cm³/mol. The zero-order valence-electron chi connectivity index (χ0n) is 16.8. The SMILES string of the molecule is CN1CCC2(CCCN2C(=O)NCc2nccn2CCc2ccccc2)CC1. The molecule has 0 saturated carbocycles. The molecule has 28 heavy (non-hydrogen) atoms. The van der Waals surface area contributed by atoms with Gasteiger partial charge in [-0.05, 0) is 44.7 Å². The van der Waals surface area contributed by atoms with Crippen LogP contribution in [0.3, 0.4) is 0 Å². The van der Waals surface area contributed by atoms with Crippen molar-refractivity contribution in [3.05, 3.63) is 54.1 Å². The molecule has 2 aliphatic heterocycles. The quantitative estimate of drug-likeness (QED) is 0.866. The van der Waals surface area contributed by atoms with E-state index in [1.54, 1.807) is 0 Å². The van der Waals surface area contributed by atoms with Crippen LogP contribution >= 0.6 is 0 Å². The van der Waals surface area contributed by atoms with Crippen LogP contribution in [0.25, 0.3) is 0 Å². The smallest absolute Gasteiger partial charge is 0.318 e. The van der Waals surface area contributed by atoms with Gasteiger partial charge in [-0.15, -0.1) is 0 Å². The lowest BCUT2D eigenvalue weighted by Crippen LogP contribution is -2.55. The van der Waals surface area contributed by atoms with E-state index in [4.69, 9.17) is 0 Å². The summed E-state index contributed by atoms with van der Waals surface area (Å²) in [7, 11) is 2.17. The Morgan fingerprint density at radius 3 is 2.71 bits per heavy atom. The monoisotopic (exact) mass is 381 g/mol. The zero-order chi connectivity index (χ0) is 19.4. The summed E-state index contributed by atoms with van der Waals surface area (Å²) in [5, 5.41) is 3.14. The Bertz CT molecular complexity index is 779. The van der Waals surface area contributed by atoms with E-state index >= 15 is 0 Å². The van der Waals surface area contributed by atoms with Gasteiger partial charge < -0.3 is 19.7 Å². The fraction of sp³-hybridized carbons (Fsp3) is 0.545. The highest BCUT2D eigenvalue weighted by Gasteiger charge is 2.44. The normalized spacial score (nSPS) is 19.2. The summed E-state index contributed by atoms with van der Waals surface area (Å²) in [6.45, 7) is 4.38. The molecule has 0 radical (unpaired) electrons. The molecule has 0 atom stereocenters. The molecule has 1 aromatic carbocycles. The van der Waals surface area contributed by atoms with Crippen LogP contribution in [0.15, 0.2) is 42.7 Å². The number of carbonyl (C=O) groups is 1. The number of rotatable bonds is 5. The van der Waals surface area contributed by atoms with E-state index in [0.29, 0.717) is 6.54 Å². The van der Waals surface area contributed by atoms with Crippen molar-refractivity contribution in [1.29, 1.82) is 0 Å². The molecule has 150 valence electrons. The van der Waals surface area contributed by atoms with Crippen LogP contribution < -0.4 is 5.32 Å². The number of amides is 2. The van der Waals surface area contributed by atoms with Gasteiger partial charge >= 0.3 is 6.03 Å². The number of urea groups is 1. The number of benzene rings is 1. The highest BCUT2D eigenvalue weighted by atomic mass is 16.2. The topological polar surface area (TPSA) is 53.4 Å². The molecule has 1 N–H and O–H groups in total. The standard InChI is InChI=1S/C22H31N5O/c1-25-15-10-22(11-16-25)9-5-13-27(22)21(28)24-18-20-23-12-17-26(20)14-8-19-6-3-2-4-7-19/h2-4,6-7,12,17H,5,8-11,13-16,18H2,1H3,(H,24,28). The number of likely N-dealkylation sites (tertiary alicyclic amines) is 2. The molecule has 2 saturated heterocycles. The molecule has 1 aromatic heterocycles. The average Bonchev–Trinajstić information content (AvgIpc) is 3.35. The van der Waals surface area contributed by atoms with Crippen LogP contribution in [-0.2, 0) is 19.5 Å². The molecular weight excluding hydrogens is 350 g/mol. The van der Waals surface area contributed by atoms with Gasteiger partial charge in [0.2, 0.25) is 0 Å². The lowest BCUT2D eigenvalue weighted by Gasteiger charge is -2.44. The number of nitrogens with zero attached hydrogens (tertiary/aromatic N) is 4. The maximum absolute atomic E-state index is 13.0. The Morgan fingerprint density at radius 1 is 1.14 bits per heavy atom. The summed E-state index contributed by atoms with van der Waals surface area (Å²) >= 11 is 0. The summed E-state index contributed by atoms with van der Waals surface area (Å²) in [6, 6.07) is 10.5. The second-order valence-corrected chi connectivity index (χ2v) is 8.21. The minimum Gasteiger partial charge on any atom is -0.333 e. The first-order valence-corrected chi connectivity index (χ1v) is 10.4. The first kappa shape index (κ1) is 19.0. The number of aromatic nitrogens is 2. The molecule has 6 nitrogen and oxygen atoms in total. The largest absolute Gasteiger partial charge is 0.333 e. The van der Waals surface area contributed by atoms with Crippen LogP contribution in [0.2, 0.25) is 0 Å². The number of piperidine rings is 1. The van der Waals surface area contributed by atoms with Crippen molar-refractivity contribution >= 4 is 6.03 Å². The summed E-state index contributed by atoms with van der Waals surface area (Å²) in [4.78, 5) is 21.9. The van der Waals surface area contributed by atoms with Gasteiger partial charge in [-0.2, -0.15) is 0 Å². The minimum absolute atomic E-state index is 0.0688. The molecule has 2 aliphatic rings. The Morgan fingerprint density at radius 2 is 1.93 bits per heavy atom. The lowest BCUT2D eigenvalue weighted by atomic mass is 9.85. The Labute approximate surface area is 167 Å². The van der Waals surface area contributed by atoms with Gasteiger partial charge in [0.15, 0.2) is 0 Å². The number of aryl methyl sites for hydroxylation is 2. The third-order valence-electron chi connectivity index (χ3n) is 6.44. The number of nitrogens with one attached hydrogen (secondary N) is 1. The Kier molecular flexibility index (Phi) is 5.67. The van der Waals surface area contributed by atoms with Gasteiger partial charge in [-0.25, -0.2) is 9.78 Å². The maximum atomic E-state index is 13.0. The zero-order valence-corrected chi connectivity index (χ0v) is 16.8.